The second-order valence-electron chi connectivity index (χ2n) is 5.38. The minimum atomic E-state index is -0.348. The van der Waals surface area contributed by atoms with Gasteiger partial charge in [0.2, 0.25) is 0 Å². The van der Waals surface area contributed by atoms with E-state index in [9.17, 15) is 4.39 Å². The Morgan fingerprint density at radius 3 is 2.75 bits per heavy atom. The summed E-state index contributed by atoms with van der Waals surface area (Å²) in [5.74, 6) is 0.915. The standard InChI is InChI=1S/C17H13ClFN5/c18-13-4-2-1-3-11(13)17-12-7-10(19)5-6-14(12)24-15(8-20)22-23-16(24)9-21-17/h1-7H,8-9,20H2. The molecule has 0 saturated heterocycles. The van der Waals surface area contributed by atoms with Gasteiger partial charge in [-0.15, -0.1) is 10.2 Å². The highest BCUT2D eigenvalue weighted by Gasteiger charge is 2.23. The van der Waals surface area contributed by atoms with Crippen LogP contribution in [0.3, 0.4) is 0 Å². The van der Waals surface area contributed by atoms with E-state index < -0.39 is 0 Å². The van der Waals surface area contributed by atoms with Crippen molar-refractivity contribution in [2.45, 2.75) is 13.1 Å². The second kappa shape index (κ2) is 5.81. The molecule has 120 valence electrons. The molecule has 0 atom stereocenters. The third-order valence-electron chi connectivity index (χ3n) is 3.94. The van der Waals surface area contributed by atoms with Crippen molar-refractivity contribution in [1.29, 1.82) is 0 Å². The van der Waals surface area contributed by atoms with Crippen molar-refractivity contribution in [3.8, 4) is 5.69 Å². The molecule has 0 aliphatic carbocycles. The van der Waals surface area contributed by atoms with E-state index >= 15 is 0 Å². The first kappa shape index (κ1) is 15.0. The molecule has 0 spiro atoms. The highest BCUT2D eigenvalue weighted by Crippen LogP contribution is 2.28. The van der Waals surface area contributed by atoms with Gasteiger partial charge in [-0.05, 0) is 24.3 Å². The van der Waals surface area contributed by atoms with E-state index in [1.165, 1.54) is 12.1 Å². The molecule has 2 aromatic carbocycles. The molecule has 1 aliphatic heterocycles. The molecule has 5 nitrogen and oxygen atoms in total. The fraction of sp³-hybridized carbons (Fsp3) is 0.118. The van der Waals surface area contributed by atoms with Crippen molar-refractivity contribution in [2.24, 2.45) is 10.7 Å². The molecule has 0 saturated carbocycles. The van der Waals surface area contributed by atoms with E-state index in [-0.39, 0.29) is 12.4 Å². The van der Waals surface area contributed by atoms with Crippen LogP contribution in [0.1, 0.15) is 22.8 Å². The summed E-state index contributed by atoms with van der Waals surface area (Å²) in [5, 5.41) is 8.81. The Bertz CT molecular complexity index is 963. The first-order chi connectivity index (χ1) is 11.7. The maximum absolute atomic E-state index is 13.9. The Kier molecular flexibility index (Phi) is 3.63. The average molecular weight is 342 g/mol. The van der Waals surface area contributed by atoms with Crippen LogP contribution in [0.25, 0.3) is 5.69 Å². The van der Waals surface area contributed by atoms with Crippen LogP contribution in [0.2, 0.25) is 5.02 Å². The lowest BCUT2D eigenvalue weighted by atomic mass is 10.00. The minimum Gasteiger partial charge on any atom is -0.324 e. The van der Waals surface area contributed by atoms with Gasteiger partial charge in [0.15, 0.2) is 11.6 Å². The minimum absolute atomic E-state index is 0.227. The lowest BCUT2D eigenvalue weighted by Crippen LogP contribution is -2.12. The van der Waals surface area contributed by atoms with Crippen LogP contribution in [0.4, 0.5) is 4.39 Å². The number of rotatable bonds is 2. The summed E-state index contributed by atoms with van der Waals surface area (Å²) in [6.45, 7) is 0.537. The van der Waals surface area contributed by atoms with Crippen LogP contribution in [-0.4, -0.2) is 20.5 Å². The highest BCUT2D eigenvalue weighted by molar-refractivity contribution is 6.35. The third-order valence-corrected chi connectivity index (χ3v) is 4.27. The first-order valence-corrected chi connectivity index (χ1v) is 7.79. The average Bonchev–Trinajstić information content (AvgIpc) is 2.93. The number of nitrogens with two attached hydrogens (primary N) is 1. The zero-order chi connectivity index (χ0) is 16.7. The predicted octanol–water partition coefficient (Wildman–Crippen LogP) is 2.87. The summed E-state index contributed by atoms with van der Waals surface area (Å²) >= 11 is 6.33. The number of hydrogen-bond donors (Lipinski definition) is 1. The Morgan fingerprint density at radius 2 is 1.96 bits per heavy atom. The molecule has 1 aliphatic rings. The van der Waals surface area contributed by atoms with Crippen LogP contribution in [0.5, 0.6) is 0 Å². The monoisotopic (exact) mass is 341 g/mol. The molecule has 1 aromatic heterocycles. The molecule has 3 aromatic rings. The Labute approximate surface area is 142 Å². The van der Waals surface area contributed by atoms with Crippen molar-refractivity contribution < 1.29 is 4.39 Å². The van der Waals surface area contributed by atoms with Crippen LogP contribution in [0.15, 0.2) is 47.5 Å². The fourth-order valence-corrected chi connectivity index (χ4v) is 3.10. The molecule has 24 heavy (non-hydrogen) atoms. The van der Waals surface area contributed by atoms with E-state index in [0.717, 1.165) is 11.3 Å². The van der Waals surface area contributed by atoms with Crippen LogP contribution in [-0.2, 0) is 13.1 Å². The topological polar surface area (TPSA) is 69.1 Å². The molecule has 0 unspecified atom stereocenters. The molecule has 7 heteroatoms. The van der Waals surface area contributed by atoms with Crippen molar-refractivity contribution in [3.05, 3.63) is 76.1 Å². The maximum atomic E-state index is 13.9. The van der Waals surface area contributed by atoms with Gasteiger partial charge in [-0.1, -0.05) is 29.8 Å². The first-order valence-electron chi connectivity index (χ1n) is 7.42. The van der Waals surface area contributed by atoms with Gasteiger partial charge in [-0.3, -0.25) is 9.56 Å². The largest absolute Gasteiger partial charge is 0.324 e. The SMILES string of the molecule is NCc1nnc2n1-c1ccc(F)cc1C(c1ccccc1Cl)=NC2. The molecule has 4 rings (SSSR count). The molecule has 0 fully saturated rings. The van der Waals surface area contributed by atoms with E-state index in [4.69, 9.17) is 17.3 Å². The van der Waals surface area contributed by atoms with E-state index in [0.29, 0.717) is 34.5 Å². The number of aliphatic imine (C=N–C) groups is 1. The normalized spacial score (nSPS) is 13.0. The number of nitrogens with zero attached hydrogens (tertiary/aromatic N) is 4. The van der Waals surface area contributed by atoms with Gasteiger partial charge < -0.3 is 5.73 Å². The van der Waals surface area contributed by atoms with Gasteiger partial charge >= 0.3 is 0 Å². The van der Waals surface area contributed by atoms with Gasteiger partial charge in [-0.2, -0.15) is 0 Å². The van der Waals surface area contributed by atoms with E-state index in [2.05, 4.69) is 15.2 Å². The molecule has 0 radical (unpaired) electrons. The summed E-state index contributed by atoms with van der Waals surface area (Å²) in [7, 11) is 0. The quantitative estimate of drug-likeness (QED) is 0.779. The number of hydrogen-bond acceptors (Lipinski definition) is 4. The number of halogens is 2. The predicted molar refractivity (Wildman–Crippen MR) is 90.0 cm³/mol. The third kappa shape index (κ3) is 2.31. The van der Waals surface area contributed by atoms with Crippen LogP contribution < -0.4 is 5.73 Å². The van der Waals surface area contributed by atoms with Crippen LogP contribution >= 0.6 is 11.6 Å². The number of aromatic nitrogens is 3. The van der Waals surface area contributed by atoms with Gasteiger partial charge in [0.25, 0.3) is 0 Å². The fourth-order valence-electron chi connectivity index (χ4n) is 2.88. The van der Waals surface area contributed by atoms with Gasteiger partial charge in [0, 0.05) is 16.1 Å². The number of fused-ring (bicyclic) bond motifs is 3. The second-order valence-corrected chi connectivity index (χ2v) is 5.79. The molecular formula is C17H13ClFN5. The van der Waals surface area contributed by atoms with Crippen molar-refractivity contribution in [3.63, 3.8) is 0 Å². The van der Waals surface area contributed by atoms with Crippen molar-refractivity contribution >= 4 is 17.3 Å². The Balaban J connectivity index is 2.01. The van der Waals surface area contributed by atoms with Crippen molar-refractivity contribution in [1.82, 2.24) is 14.8 Å². The zero-order valence-electron chi connectivity index (χ0n) is 12.6. The molecular weight excluding hydrogens is 329 g/mol. The maximum Gasteiger partial charge on any atom is 0.159 e. The zero-order valence-corrected chi connectivity index (χ0v) is 13.3. The summed E-state index contributed by atoms with van der Waals surface area (Å²) in [6.07, 6.45) is 0. The lowest BCUT2D eigenvalue weighted by molar-refractivity contribution is 0.627. The van der Waals surface area contributed by atoms with E-state index in [1.54, 1.807) is 12.1 Å². The van der Waals surface area contributed by atoms with Gasteiger partial charge in [0.1, 0.15) is 12.4 Å². The van der Waals surface area contributed by atoms with Gasteiger partial charge in [-0.25, -0.2) is 4.39 Å². The van der Waals surface area contributed by atoms with E-state index in [1.807, 2.05) is 22.8 Å². The summed E-state index contributed by atoms with van der Waals surface area (Å²) in [5.41, 5.74) is 8.53. The molecule has 0 bridgehead atoms. The summed E-state index contributed by atoms with van der Waals surface area (Å²) in [6, 6.07) is 11.9. The molecule has 0 amide bonds. The van der Waals surface area contributed by atoms with Crippen LogP contribution in [0, 0.1) is 5.82 Å². The smallest absolute Gasteiger partial charge is 0.159 e. The molecule has 2 heterocycles. The summed E-state index contributed by atoms with van der Waals surface area (Å²) < 4.78 is 15.8. The Hall–Kier alpha value is -2.57. The van der Waals surface area contributed by atoms with Crippen molar-refractivity contribution in [2.75, 3.05) is 0 Å². The van der Waals surface area contributed by atoms with Gasteiger partial charge in [0.05, 0.1) is 17.9 Å². The summed E-state index contributed by atoms with van der Waals surface area (Å²) in [4.78, 5) is 4.63. The number of benzene rings is 2. The molecule has 2 N–H and O–H groups in total. The lowest BCUT2D eigenvalue weighted by Gasteiger charge is -2.13. The highest BCUT2D eigenvalue weighted by atomic mass is 35.5. The Morgan fingerprint density at radius 1 is 1.12 bits per heavy atom.